The number of hydrogen-bond acceptors (Lipinski definition) is 4. The summed E-state index contributed by atoms with van der Waals surface area (Å²) in [6.45, 7) is 2.97. The van der Waals surface area contributed by atoms with Crippen LogP contribution in [0.1, 0.15) is 31.4 Å². The molecule has 0 aromatic heterocycles. The Morgan fingerprint density at radius 2 is 1.37 bits per heavy atom. The minimum absolute atomic E-state index is 0.0163. The summed E-state index contributed by atoms with van der Waals surface area (Å²) in [7, 11) is -4.18. The number of carbonyl (C=O) groups excluding carboxylic acids is 2. The monoisotopic (exact) mass is 601 g/mol. The predicted octanol–water partition coefficient (Wildman–Crippen LogP) is 5.58. The lowest BCUT2D eigenvalue weighted by Gasteiger charge is -2.34. The first-order valence-corrected chi connectivity index (χ1v) is 15.6. The number of carbonyl (C=O) groups is 2. The molecule has 0 radical (unpaired) electrons. The Hall–Kier alpha value is -4.50. The zero-order valence-corrected chi connectivity index (χ0v) is 25.1. The molecule has 0 heterocycles. The van der Waals surface area contributed by atoms with Crippen LogP contribution in [0, 0.1) is 5.82 Å². The molecule has 0 aliphatic heterocycles. The molecular weight excluding hydrogens is 565 g/mol. The number of benzene rings is 4. The van der Waals surface area contributed by atoms with Crippen molar-refractivity contribution in [1.29, 1.82) is 0 Å². The molecule has 0 saturated heterocycles. The van der Waals surface area contributed by atoms with Crippen molar-refractivity contribution >= 4 is 27.5 Å². The van der Waals surface area contributed by atoms with Gasteiger partial charge in [0.25, 0.3) is 10.0 Å². The fourth-order valence-electron chi connectivity index (χ4n) is 4.65. The SMILES string of the molecule is CCC(C)NC(=O)C(Cc1ccccc1)N(Cc1ccccc1F)C(=O)CN(c1ccccc1)S(=O)(=O)c1ccccc1. The highest BCUT2D eigenvalue weighted by Crippen LogP contribution is 2.25. The van der Waals surface area contributed by atoms with Crippen LogP contribution >= 0.6 is 0 Å². The molecule has 0 aliphatic carbocycles. The quantitative estimate of drug-likeness (QED) is 0.217. The maximum absolute atomic E-state index is 15.0. The van der Waals surface area contributed by atoms with Crippen LogP contribution in [-0.2, 0) is 32.6 Å². The minimum atomic E-state index is -4.18. The number of halogens is 1. The maximum atomic E-state index is 15.0. The standard InChI is InChI=1S/C34H36FN3O4S/c1-3-26(2)36-34(40)32(23-27-15-7-4-8-16-27)37(24-28-17-13-14-22-31(28)35)33(39)25-38(29-18-9-5-10-19-29)43(41,42)30-20-11-6-12-21-30/h4-22,26,32H,3,23-25H2,1-2H3,(H,36,40). The zero-order chi connectivity index (χ0) is 30.8. The Morgan fingerprint density at radius 3 is 1.98 bits per heavy atom. The number of nitrogens with one attached hydrogen (secondary N) is 1. The third-order valence-electron chi connectivity index (χ3n) is 7.22. The van der Waals surface area contributed by atoms with Crippen molar-refractivity contribution in [1.82, 2.24) is 10.2 Å². The fraction of sp³-hybridized carbons (Fsp3) is 0.235. The van der Waals surface area contributed by atoms with E-state index in [9.17, 15) is 22.4 Å². The predicted molar refractivity (Wildman–Crippen MR) is 166 cm³/mol. The van der Waals surface area contributed by atoms with E-state index in [1.807, 2.05) is 44.2 Å². The average molecular weight is 602 g/mol. The first-order valence-electron chi connectivity index (χ1n) is 14.2. The van der Waals surface area contributed by atoms with Gasteiger partial charge >= 0.3 is 0 Å². The molecule has 0 fully saturated rings. The smallest absolute Gasteiger partial charge is 0.264 e. The van der Waals surface area contributed by atoms with Gasteiger partial charge in [0.15, 0.2) is 0 Å². The van der Waals surface area contributed by atoms with Gasteiger partial charge in [-0.3, -0.25) is 13.9 Å². The van der Waals surface area contributed by atoms with Gasteiger partial charge in [-0.15, -0.1) is 0 Å². The maximum Gasteiger partial charge on any atom is 0.264 e. The number of hydrogen-bond donors (Lipinski definition) is 1. The summed E-state index contributed by atoms with van der Waals surface area (Å²) < 4.78 is 43.8. The topological polar surface area (TPSA) is 86.8 Å². The van der Waals surface area contributed by atoms with Gasteiger partial charge in [-0.1, -0.05) is 91.9 Å². The van der Waals surface area contributed by atoms with Crippen LogP contribution in [-0.4, -0.2) is 43.8 Å². The van der Waals surface area contributed by atoms with Crippen molar-refractivity contribution in [2.45, 2.75) is 50.2 Å². The second-order valence-electron chi connectivity index (χ2n) is 10.3. The molecule has 0 spiro atoms. The molecule has 4 rings (SSSR count). The molecule has 2 atom stereocenters. The number of rotatable bonds is 13. The number of nitrogens with zero attached hydrogens (tertiary/aromatic N) is 2. The average Bonchev–Trinajstić information content (AvgIpc) is 3.03. The summed E-state index contributed by atoms with van der Waals surface area (Å²) in [6, 6.07) is 30.2. The van der Waals surface area contributed by atoms with Gasteiger partial charge in [-0.05, 0) is 49.2 Å². The second-order valence-corrected chi connectivity index (χ2v) is 12.2. The Kier molecular flexibility index (Phi) is 10.7. The van der Waals surface area contributed by atoms with E-state index in [0.717, 1.165) is 9.87 Å². The molecule has 4 aromatic rings. The van der Waals surface area contributed by atoms with E-state index in [-0.39, 0.29) is 35.2 Å². The van der Waals surface area contributed by atoms with Crippen molar-refractivity contribution in [3.63, 3.8) is 0 Å². The van der Waals surface area contributed by atoms with Crippen LogP contribution in [0.25, 0.3) is 0 Å². The lowest BCUT2D eigenvalue weighted by molar-refractivity contribution is -0.140. The summed E-state index contributed by atoms with van der Waals surface area (Å²) in [4.78, 5) is 29.4. The second kappa shape index (κ2) is 14.6. The molecule has 0 bridgehead atoms. The van der Waals surface area contributed by atoms with Crippen LogP contribution in [0.15, 0.2) is 120 Å². The van der Waals surface area contributed by atoms with Gasteiger partial charge in [0.1, 0.15) is 18.4 Å². The Bertz CT molecular complexity index is 1600. The van der Waals surface area contributed by atoms with Crippen LogP contribution in [0.2, 0.25) is 0 Å². The van der Waals surface area contributed by atoms with Crippen molar-refractivity contribution in [2.24, 2.45) is 0 Å². The van der Waals surface area contributed by atoms with Crippen LogP contribution in [0.3, 0.4) is 0 Å². The number of amides is 2. The van der Waals surface area contributed by atoms with E-state index in [1.165, 1.54) is 23.1 Å². The molecule has 2 unspecified atom stereocenters. The van der Waals surface area contributed by atoms with Crippen molar-refractivity contribution in [2.75, 3.05) is 10.8 Å². The van der Waals surface area contributed by atoms with Crippen LogP contribution in [0.4, 0.5) is 10.1 Å². The number of sulfonamides is 1. The molecule has 224 valence electrons. The van der Waals surface area contributed by atoms with E-state index >= 15 is 0 Å². The number of para-hydroxylation sites is 1. The zero-order valence-electron chi connectivity index (χ0n) is 24.3. The summed E-state index contributed by atoms with van der Waals surface area (Å²) in [5.74, 6) is -1.58. The van der Waals surface area contributed by atoms with E-state index in [1.54, 1.807) is 66.7 Å². The van der Waals surface area contributed by atoms with Crippen LogP contribution in [0.5, 0.6) is 0 Å². The highest BCUT2D eigenvalue weighted by molar-refractivity contribution is 7.92. The molecule has 2 amide bonds. The molecule has 0 aliphatic rings. The molecule has 4 aromatic carbocycles. The van der Waals surface area contributed by atoms with Gasteiger partial charge in [0.2, 0.25) is 11.8 Å². The summed E-state index contributed by atoms with van der Waals surface area (Å²) in [5.41, 5.74) is 1.30. The van der Waals surface area contributed by atoms with Crippen LogP contribution < -0.4 is 9.62 Å². The van der Waals surface area contributed by atoms with E-state index in [0.29, 0.717) is 6.42 Å². The fourth-order valence-corrected chi connectivity index (χ4v) is 6.08. The highest BCUT2D eigenvalue weighted by atomic mass is 32.2. The normalized spacial score (nSPS) is 12.6. The van der Waals surface area contributed by atoms with E-state index in [4.69, 9.17) is 0 Å². The van der Waals surface area contributed by atoms with Gasteiger partial charge in [0, 0.05) is 24.6 Å². The summed E-state index contributed by atoms with van der Waals surface area (Å²) >= 11 is 0. The molecule has 9 heteroatoms. The first-order chi connectivity index (χ1) is 20.7. The third-order valence-corrected chi connectivity index (χ3v) is 9.01. The van der Waals surface area contributed by atoms with Crippen molar-refractivity contribution in [3.05, 3.63) is 132 Å². The van der Waals surface area contributed by atoms with Gasteiger partial charge in [0.05, 0.1) is 10.6 Å². The summed E-state index contributed by atoms with van der Waals surface area (Å²) in [6.07, 6.45) is 0.822. The van der Waals surface area contributed by atoms with E-state index in [2.05, 4.69) is 5.32 Å². The van der Waals surface area contributed by atoms with Gasteiger partial charge in [-0.25, -0.2) is 12.8 Å². The molecule has 1 N–H and O–H groups in total. The molecule has 0 saturated carbocycles. The highest BCUT2D eigenvalue weighted by Gasteiger charge is 2.35. The van der Waals surface area contributed by atoms with Gasteiger partial charge in [-0.2, -0.15) is 0 Å². The lowest BCUT2D eigenvalue weighted by atomic mass is 10.0. The Labute approximate surface area is 253 Å². The Morgan fingerprint density at radius 1 is 0.814 bits per heavy atom. The van der Waals surface area contributed by atoms with Crippen molar-refractivity contribution in [3.8, 4) is 0 Å². The molecule has 7 nitrogen and oxygen atoms in total. The number of anilines is 1. The van der Waals surface area contributed by atoms with Crippen molar-refractivity contribution < 1.29 is 22.4 Å². The molecular formula is C34H36FN3O4S. The Balaban J connectivity index is 1.79. The van der Waals surface area contributed by atoms with E-state index < -0.39 is 40.2 Å². The first kappa shape index (κ1) is 31.4. The van der Waals surface area contributed by atoms with Gasteiger partial charge < -0.3 is 10.2 Å². The molecule has 43 heavy (non-hydrogen) atoms. The summed E-state index contributed by atoms with van der Waals surface area (Å²) in [5, 5.41) is 2.97. The lowest BCUT2D eigenvalue weighted by Crippen LogP contribution is -2.54. The third kappa shape index (κ3) is 8.08. The largest absolute Gasteiger partial charge is 0.352 e. The minimum Gasteiger partial charge on any atom is -0.352 e.